The molecule has 0 bridgehead atoms. The molecule has 0 N–H and O–H groups in total. The monoisotopic (exact) mass is 373 g/mol. The van der Waals surface area contributed by atoms with Gasteiger partial charge in [-0.2, -0.15) is 0 Å². The van der Waals surface area contributed by atoms with Crippen LogP contribution >= 0.6 is 11.8 Å². The average Bonchev–Trinajstić information content (AvgIpc) is 3.04. The van der Waals surface area contributed by atoms with Gasteiger partial charge in [-0.25, -0.2) is 8.78 Å². The van der Waals surface area contributed by atoms with Crippen molar-refractivity contribution in [2.24, 2.45) is 0 Å². The molecule has 0 saturated carbocycles. The van der Waals surface area contributed by atoms with Crippen molar-refractivity contribution >= 4 is 11.8 Å². The van der Waals surface area contributed by atoms with Crippen LogP contribution in [0.1, 0.15) is 5.56 Å². The summed E-state index contributed by atoms with van der Waals surface area (Å²) in [7, 11) is 1.43. The second-order valence-corrected chi connectivity index (χ2v) is 6.41. The maximum atomic E-state index is 13.8. The molecule has 0 aliphatic rings. The Morgan fingerprint density at radius 1 is 1.15 bits per heavy atom. The lowest BCUT2D eigenvalue weighted by Gasteiger charge is -2.08. The van der Waals surface area contributed by atoms with E-state index in [1.807, 2.05) is 10.6 Å². The Morgan fingerprint density at radius 2 is 1.92 bits per heavy atom. The molecule has 2 aromatic carbocycles. The van der Waals surface area contributed by atoms with Crippen molar-refractivity contribution in [1.82, 2.24) is 14.8 Å². The zero-order chi connectivity index (χ0) is 18.5. The van der Waals surface area contributed by atoms with Gasteiger partial charge < -0.3 is 4.74 Å². The van der Waals surface area contributed by atoms with Gasteiger partial charge in [0.15, 0.2) is 22.5 Å². The molecule has 1 aromatic heterocycles. The predicted molar refractivity (Wildman–Crippen MR) is 98.1 cm³/mol. The summed E-state index contributed by atoms with van der Waals surface area (Å²) in [6, 6.07) is 10.9. The van der Waals surface area contributed by atoms with Crippen LogP contribution in [0.5, 0.6) is 5.75 Å². The van der Waals surface area contributed by atoms with E-state index in [4.69, 9.17) is 4.74 Å². The summed E-state index contributed by atoms with van der Waals surface area (Å²) in [6.07, 6.45) is 1.74. The Hall–Kier alpha value is -2.67. The highest BCUT2D eigenvalue weighted by molar-refractivity contribution is 7.98. The van der Waals surface area contributed by atoms with Gasteiger partial charge in [0.1, 0.15) is 5.82 Å². The average molecular weight is 373 g/mol. The minimum atomic E-state index is -0.398. The van der Waals surface area contributed by atoms with Crippen LogP contribution in [-0.2, 0) is 12.3 Å². The fourth-order valence-electron chi connectivity index (χ4n) is 2.45. The highest BCUT2D eigenvalue weighted by Gasteiger charge is 2.14. The van der Waals surface area contributed by atoms with Crippen molar-refractivity contribution in [1.29, 1.82) is 0 Å². The number of benzene rings is 2. The standard InChI is InChI=1S/C19H17F2N3OS/c1-3-10-24-18(14-5-7-15(20)8-6-14)22-23-19(24)26-12-13-4-9-17(25-2)16(21)11-13/h3-9,11H,1,10,12H2,2H3. The van der Waals surface area contributed by atoms with E-state index in [2.05, 4.69) is 16.8 Å². The van der Waals surface area contributed by atoms with Gasteiger partial charge in [-0.05, 0) is 42.0 Å². The molecule has 0 amide bonds. The van der Waals surface area contributed by atoms with E-state index in [0.29, 0.717) is 23.3 Å². The third kappa shape index (κ3) is 3.94. The van der Waals surface area contributed by atoms with E-state index >= 15 is 0 Å². The molecule has 0 aliphatic carbocycles. The number of hydrogen-bond acceptors (Lipinski definition) is 4. The topological polar surface area (TPSA) is 39.9 Å². The molecule has 0 saturated heterocycles. The lowest BCUT2D eigenvalue weighted by atomic mass is 10.2. The minimum Gasteiger partial charge on any atom is -0.494 e. The van der Waals surface area contributed by atoms with Crippen molar-refractivity contribution in [3.8, 4) is 17.1 Å². The number of halogens is 2. The van der Waals surface area contributed by atoms with Gasteiger partial charge in [0.05, 0.1) is 7.11 Å². The molecule has 134 valence electrons. The van der Waals surface area contributed by atoms with E-state index in [1.165, 1.54) is 37.1 Å². The fourth-order valence-corrected chi connectivity index (χ4v) is 3.34. The lowest BCUT2D eigenvalue weighted by Crippen LogP contribution is -2.01. The Bertz CT molecular complexity index is 910. The molecule has 3 rings (SSSR count). The first-order chi connectivity index (χ1) is 12.6. The SMILES string of the molecule is C=CCn1c(SCc2ccc(OC)c(F)c2)nnc1-c1ccc(F)cc1. The van der Waals surface area contributed by atoms with Crippen molar-refractivity contribution < 1.29 is 13.5 Å². The van der Waals surface area contributed by atoms with E-state index < -0.39 is 5.82 Å². The van der Waals surface area contributed by atoms with Crippen LogP contribution in [0.15, 0.2) is 60.3 Å². The first-order valence-corrected chi connectivity index (χ1v) is 8.86. The zero-order valence-corrected chi connectivity index (χ0v) is 15.0. The van der Waals surface area contributed by atoms with Crippen LogP contribution in [0.4, 0.5) is 8.78 Å². The molecule has 0 radical (unpaired) electrons. The van der Waals surface area contributed by atoms with E-state index in [1.54, 1.807) is 24.3 Å². The number of methoxy groups -OCH3 is 1. The number of rotatable bonds is 7. The highest BCUT2D eigenvalue weighted by atomic mass is 32.2. The second kappa shape index (κ2) is 8.14. The quantitative estimate of drug-likeness (QED) is 0.444. The van der Waals surface area contributed by atoms with E-state index in [9.17, 15) is 8.78 Å². The third-order valence-electron chi connectivity index (χ3n) is 3.72. The van der Waals surface area contributed by atoms with Gasteiger partial charge in [0, 0.05) is 17.9 Å². The lowest BCUT2D eigenvalue weighted by molar-refractivity contribution is 0.386. The summed E-state index contributed by atoms with van der Waals surface area (Å²) >= 11 is 1.44. The molecule has 0 fully saturated rings. The molecule has 3 aromatic rings. The van der Waals surface area contributed by atoms with Crippen LogP contribution in [0.25, 0.3) is 11.4 Å². The summed E-state index contributed by atoms with van der Waals surface area (Å²) in [5, 5.41) is 9.12. The second-order valence-electron chi connectivity index (χ2n) is 5.47. The van der Waals surface area contributed by atoms with Gasteiger partial charge >= 0.3 is 0 Å². The van der Waals surface area contributed by atoms with Crippen molar-refractivity contribution in [3.63, 3.8) is 0 Å². The largest absolute Gasteiger partial charge is 0.494 e. The Morgan fingerprint density at radius 3 is 2.58 bits per heavy atom. The number of aromatic nitrogens is 3. The minimum absolute atomic E-state index is 0.215. The summed E-state index contributed by atoms with van der Waals surface area (Å²) in [5.41, 5.74) is 1.58. The van der Waals surface area contributed by atoms with E-state index in [-0.39, 0.29) is 11.6 Å². The number of thioether (sulfide) groups is 1. The molecular weight excluding hydrogens is 356 g/mol. The number of allylic oxidation sites excluding steroid dienone is 1. The first kappa shape index (κ1) is 18.1. The molecule has 1 heterocycles. The van der Waals surface area contributed by atoms with Crippen LogP contribution in [-0.4, -0.2) is 21.9 Å². The number of hydrogen-bond donors (Lipinski definition) is 0. The molecule has 7 heteroatoms. The molecule has 0 aliphatic heterocycles. The molecule has 26 heavy (non-hydrogen) atoms. The molecular formula is C19H17F2N3OS. The van der Waals surface area contributed by atoms with Gasteiger partial charge in [-0.1, -0.05) is 23.9 Å². The smallest absolute Gasteiger partial charge is 0.192 e. The van der Waals surface area contributed by atoms with Gasteiger partial charge in [0.2, 0.25) is 0 Å². The maximum Gasteiger partial charge on any atom is 0.192 e. The number of nitrogens with zero attached hydrogens (tertiary/aromatic N) is 3. The normalized spacial score (nSPS) is 10.7. The van der Waals surface area contributed by atoms with Crippen LogP contribution in [0.3, 0.4) is 0 Å². The highest BCUT2D eigenvalue weighted by Crippen LogP contribution is 2.28. The van der Waals surface area contributed by atoms with Crippen LogP contribution in [0.2, 0.25) is 0 Å². The first-order valence-electron chi connectivity index (χ1n) is 7.87. The van der Waals surface area contributed by atoms with Crippen molar-refractivity contribution in [3.05, 3.63) is 72.3 Å². The molecule has 4 nitrogen and oxygen atoms in total. The molecule has 0 unspecified atom stereocenters. The molecule has 0 atom stereocenters. The summed E-state index contributed by atoms with van der Waals surface area (Å²) in [5.74, 6) is 0.671. The maximum absolute atomic E-state index is 13.8. The van der Waals surface area contributed by atoms with Crippen molar-refractivity contribution in [2.45, 2.75) is 17.5 Å². The summed E-state index contributed by atoms with van der Waals surface area (Å²) in [4.78, 5) is 0. The van der Waals surface area contributed by atoms with Crippen LogP contribution in [0, 0.1) is 11.6 Å². The van der Waals surface area contributed by atoms with Crippen LogP contribution < -0.4 is 4.74 Å². The summed E-state index contributed by atoms with van der Waals surface area (Å²) < 4.78 is 33.8. The number of ether oxygens (including phenoxy) is 1. The van der Waals surface area contributed by atoms with Gasteiger partial charge in [-0.15, -0.1) is 16.8 Å². The van der Waals surface area contributed by atoms with Gasteiger partial charge in [0.25, 0.3) is 0 Å². The van der Waals surface area contributed by atoms with Crippen molar-refractivity contribution in [2.75, 3.05) is 7.11 Å². The predicted octanol–water partition coefficient (Wildman–Crippen LogP) is 4.71. The molecule has 0 spiro atoms. The third-order valence-corrected chi connectivity index (χ3v) is 4.75. The Balaban J connectivity index is 1.82. The summed E-state index contributed by atoms with van der Waals surface area (Å²) in [6.45, 7) is 4.28. The Kier molecular flexibility index (Phi) is 5.68. The van der Waals surface area contributed by atoms with E-state index in [0.717, 1.165) is 11.1 Å². The van der Waals surface area contributed by atoms with Gasteiger partial charge in [-0.3, -0.25) is 4.57 Å². The fraction of sp³-hybridized carbons (Fsp3) is 0.158. The zero-order valence-electron chi connectivity index (χ0n) is 14.2. The Labute approximate surface area is 154 Å².